The Balaban J connectivity index is 0.000000153. The van der Waals surface area contributed by atoms with Gasteiger partial charge in [0.15, 0.2) is 22.7 Å². The first-order valence-corrected chi connectivity index (χ1v) is 20.4. The largest absolute Gasteiger partial charge is 0.493 e. The Morgan fingerprint density at radius 2 is 1.44 bits per heavy atom. The van der Waals surface area contributed by atoms with Gasteiger partial charge in [-0.1, -0.05) is 0 Å². The number of hydrogen-bond acceptors (Lipinski definition) is 13. The van der Waals surface area contributed by atoms with Gasteiger partial charge in [0.25, 0.3) is 0 Å². The summed E-state index contributed by atoms with van der Waals surface area (Å²) in [5, 5.41) is 15.6. The number of aryl methyl sites for hydroxylation is 2. The monoisotopic (exact) mass is 924 g/mol. The van der Waals surface area contributed by atoms with E-state index in [0.717, 1.165) is 22.5 Å². The second-order valence-corrected chi connectivity index (χ2v) is 15.0. The summed E-state index contributed by atoms with van der Waals surface area (Å²) in [4.78, 5) is 51.6. The quantitative estimate of drug-likeness (QED) is 0.105. The van der Waals surface area contributed by atoms with Crippen molar-refractivity contribution in [1.29, 1.82) is 0 Å². The molecule has 324 valence electrons. The van der Waals surface area contributed by atoms with Crippen molar-refractivity contribution in [2.75, 3.05) is 30.5 Å². The van der Waals surface area contributed by atoms with E-state index in [0.29, 0.717) is 82.0 Å². The SMILES string of the molecule is CCOC(=O)c1cn2c(NCc3c(F)ccc4c3CCO4)ncc(Br)c2n1.Cc1cn(-c2cnc(NCc3c(F)ccc4c3CCO4)n3cc(C(=O)O)nc23)cn1.Cc1cnc[nH]1. The zero-order chi connectivity index (χ0) is 44.2. The molecule has 0 bridgehead atoms. The highest BCUT2D eigenvalue weighted by Crippen LogP contribution is 2.32. The summed E-state index contributed by atoms with van der Waals surface area (Å²) in [6.45, 7) is 7.29. The predicted molar refractivity (Wildman–Crippen MR) is 228 cm³/mol. The Bertz CT molecular complexity index is 2970. The lowest BCUT2D eigenvalue weighted by Crippen LogP contribution is -2.10. The average Bonchev–Trinajstić information content (AvgIpc) is 4.13. The van der Waals surface area contributed by atoms with Crippen LogP contribution in [-0.2, 0) is 30.7 Å². The maximum absolute atomic E-state index is 14.4. The maximum atomic E-state index is 14.4. The minimum Gasteiger partial charge on any atom is -0.493 e. The third-order valence-corrected chi connectivity index (χ3v) is 10.5. The number of carbonyl (C=O) groups excluding carboxylic acids is 1. The van der Waals surface area contributed by atoms with Crippen molar-refractivity contribution in [2.45, 2.75) is 46.7 Å². The minimum atomic E-state index is -1.15. The molecular weight excluding hydrogens is 886 g/mol. The normalized spacial score (nSPS) is 12.3. The Morgan fingerprint density at radius 3 is 1.98 bits per heavy atom. The standard InChI is InChI=1S/C20H17FN6O3.C18H16BrFN4O3.C4H6N2/c1-11-8-26(10-24-11)16-7-23-20(27-9-15(19(28)29)25-18(16)27)22-6-13-12-4-5-30-17(12)3-2-14(13)21;1-2-26-17(25)14-9-24-16(23-14)12(19)8-22-18(24)21-7-11-10-5-6-27-15(10)4-3-13(11)20;1-4-2-5-3-6-4/h2-3,7-10H,4-6H2,1H3,(H,22,23)(H,28,29);3-4,8-9H,2,5-7H2,1H3,(H,21,22);2-3H,1H3,(H,5,6). The summed E-state index contributed by atoms with van der Waals surface area (Å²) in [7, 11) is 0. The lowest BCUT2D eigenvalue weighted by Gasteiger charge is -2.13. The van der Waals surface area contributed by atoms with Gasteiger partial charge in [0.1, 0.15) is 28.8 Å². The summed E-state index contributed by atoms with van der Waals surface area (Å²) in [6, 6.07) is 6.07. The van der Waals surface area contributed by atoms with Crippen LogP contribution >= 0.6 is 15.9 Å². The van der Waals surface area contributed by atoms with Crippen molar-refractivity contribution in [3.05, 3.63) is 135 Å². The highest BCUT2D eigenvalue weighted by molar-refractivity contribution is 9.10. The third-order valence-electron chi connectivity index (χ3n) is 9.98. The molecule has 8 aromatic rings. The van der Waals surface area contributed by atoms with Gasteiger partial charge in [0.05, 0.1) is 48.8 Å². The lowest BCUT2D eigenvalue weighted by molar-refractivity contribution is 0.0519. The second-order valence-electron chi connectivity index (χ2n) is 14.1. The summed E-state index contributed by atoms with van der Waals surface area (Å²) < 4.78 is 50.3. The van der Waals surface area contributed by atoms with Crippen LogP contribution in [-0.4, -0.2) is 85.1 Å². The van der Waals surface area contributed by atoms with Crippen molar-refractivity contribution in [2.24, 2.45) is 0 Å². The number of nitrogens with one attached hydrogen (secondary N) is 3. The first-order chi connectivity index (χ1) is 30.5. The zero-order valence-corrected chi connectivity index (χ0v) is 35.6. The smallest absolute Gasteiger partial charge is 0.358 e. The summed E-state index contributed by atoms with van der Waals surface area (Å²) in [5.41, 5.74) is 6.20. The van der Waals surface area contributed by atoms with Gasteiger partial charge in [-0.05, 0) is 61.0 Å². The number of aromatic amines is 1. The van der Waals surface area contributed by atoms with E-state index in [-0.39, 0.29) is 42.7 Å². The summed E-state index contributed by atoms with van der Waals surface area (Å²) in [6.07, 6.45) is 14.2. The zero-order valence-electron chi connectivity index (χ0n) is 34.0. The van der Waals surface area contributed by atoms with E-state index in [1.165, 1.54) is 18.3 Å². The first kappa shape index (κ1) is 42.3. The van der Waals surface area contributed by atoms with Gasteiger partial charge in [-0.25, -0.2) is 48.3 Å². The van der Waals surface area contributed by atoms with Gasteiger partial charge in [0.2, 0.25) is 11.9 Å². The molecule has 0 saturated carbocycles. The number of imidazole rings is 4. The maximum Gasteiger partial charge on any atom is 0.358 e. The molecule has 0 spiro atoms. The van der Waals surface area contributed by atoms with Crippen LogP contribution in [0, 0.1) is 25.5 Å². The Morgan fingerprint density at radius 1 is 0.841 bits per heavy atom. The van der Waals surface area contributed by atoms with Gasteiger partial charge < -0.3 is 39.5 Å². The number of carboxylic acids is 1. The molecule has 2 aliphatic heterocycles. The average molecular weight is 926 g/mol. The number of ether oxygens (including phenoxy) is 3. The van der Waals surface area contributed by atoms with E-state index in [9.17, 15) is 23.5 Å². The molecule has 8 heterocycles. The molecule has 0 aliphatic carbocycles. The number of H-pyrrole nitrogens is 1. The highest BCUT2D eigenvalue weighted by atomic mass is 79.9. The number of esters is 1. The van der Waals surface area contributed by atoms with E-state index >= 15 is 0 Å². The summed E-state index contributed by atoms with van der Waals surface area (Å²) >= 11 is 3.38. The van der Waals surface area contributed by atoms with E-state index in [1.54, 1.807) is 76.1 Å². The van der Waals surface area contributed by atoms with Gasteiger partial charge in [-0.3, -0.25) is 8.80 Å². The fraction of sp³-hybridized carbons (Fsp3) is 0.238. The van der Waals surface area contributed by atoms with Crippen molar-refractivity contribution >= 4 is 51.1 Å². The molecule has 0 fully saturated rings. The number of aromatic nitrogens is 10. The minimum absolute atomic E-state index is 0.121. The number of carboxylic acid groups (broad SMARTS) is 1. The number of rotatable bonds is 10. The van der Waals surface area contributed by atoms with Crippen LogP contribution in [0.5, 0.6) is 11.5 Å². The number of halogens is 3. The molecule has 63 heavy (non-hydrogen) atoms. The van der Waals surface area contributed by atoms with Crippen LogP contribution in [0.15, 0.2) is 78.6 Å². The number of nitrogens with zero attached hydrogens (tertiary/aromatic N) is 9. The van der Waals surface area contributed by atoms with Crippen LogP contribution in [0.4, 0.5) is 20.7 Å². The molecule has 2 aliphatic rings. The number of benzene rings is 2. The Kier molecular flexibility index (Phi) is 12.3. The van der Waals surface area contributed by atoms with Gasteiger partial charge in [0, 0.05) is 84.9 Å². The van der Waals surface area contributed by atoms with Crippen molar-refractivity contribution in [3.63, 3.8) is 0 Å². The van der Waals surface area contributed by atoms with Crippen LogP contribution < -0.4 is 20.1 Å². The van der Waals surface area contributed by atoms with E-state index < -0.39 is 11.9 Å². The molecule has 6 aromatic heterocycles. The summed E-state index contributed by atoms with van der Waals surface area (Å²) in [5.74, 6) is -0.0937. The molecule has 10 rings (SSSR count). The molecule has 0 radical (unpaired) electrons. The van der Waals surface area contributed by atoms with Crippen molar-refractivity contribution in [3.8, 4) is 17.2 Å². The molecular formula is C42H39BrF2N12O6. The third kappa shape index (κ3) is 8.99. The van der Waals surface area contributed by atoms with E-state index in [4.69, 9.17) is 14.2 Å². The fourth-order valence-corrected chi connectivity index (χ4v) is 7.37. The number of fused-ring (bicyclic) bond motifs is 4. The van der Waals surface area contributed by atoms with Gasteiger partial charge in [-0.2, -0.15) is 0 Å². The lowest BCUT2D eigenvalue weighted by atomic mass is 10.0. The van der Waals surface area contributed by atoms with Crippen LogP contribution in [0.25, 0.3) is 17.0 Å². The molecule has 0 atom stereocenters. The number of hydrogen-bond donors (Lipinski definition) is 4. The number of anilines is 2. The highest BCUT2D eigenvalue weighted by Gasteiger charge is 2.23. The second kappa shape index (κ2) is 18.3. The van der Waals surface area contributed by atoms with Gasteiger partial charge in [-0.15, -0.1) is 0 Å². The molecule has 4 N–H and O–H groups in total. The van der Waals surface area contributed by atoms with Crippen molar-refractivity contribution in [1.82, 2.24) is 48.3 Å². The molecule has 21 heteroatoms. The predicted octanol–water partition coefficient (Wildman–Crippen LogP) is 6.68. The van der Waals surface area contributed by atoms with E-state index in [1.807, 2.05) is 13.8 Å². The molecule has 0 unspecified atom stereocenters. The van der Waals surface area contributed by atoms with Crippen LogP contribution in [0.2, 0.25) is 0 Å². The molecule has 0 amide bonds. The number of carbonyl (C=O) groups is 2. The van der Waals surface area contributed by atoms with Gasteiger partial charge >= 0.3 is 11.9 Å². The Labute approximate surface area is 365 Å². The molecule has 18 nitrogen and oxygen atoms in total. The fourth-order valence-electron chi connectivity index (χ4n) is 6.99. The van der Waals surface area contributed by atoms with Crippen LogP contribution in [0.1, 0.15) is 61.5 Å². The van der Waals surface area contributed by atoms with Crippen molar-refractivity contribution < 1.29 is 37.7 Å². The molecule has 2 aromatic carbocycles. The van der Waals surface area contributed by atoms with Crippen LogP contribution in [0.3, 0.4) is 0 Å². The number of aromatic carboxylic acids is 1. The Hall–Kier alpha value is -7.42. The first-order valence-electron chi connectivity index (χ1n) is 19.6. The van der Waals surface area contributed by atoms with E-state index in [2.05, 4.69) is 61.5 Å². The topological polar surface area (TPSA) is 213 Å². The molecule has 0 saturated heterocycles.